The fourth-order valence-electron chi connectivity index (χ4n) is 1.42. The molecule has 0 radical (unpaired) electrons. The average Bonchev–Trinajstić information content (AvgIpc) is 2.41. The summed E-state index contributed by atoms with van der Waals surface area (Å²) in [5.41, 5.74) is 5.39. The van der Waals surface area contributed by atoms with E-state index in [1.165, 1.54) is 13.8 Å². The van der Waals surface area contributed by atoms with Gasteiger partial charge < -0.3 is 31.7 Å². The second kappa shape index (κ2) is 8.95. The van der Waals surface area contributed by atoms with E-state index in [4.69, 9.17) is 21.1 Å². The number of carboxylic acids is 2. The molecule has 22 heavy (non-hydrogen) atoms. The first kappa shape index (κ1) is 19.8. The predicted molar refractivity (Wildman–Crippen MR) is 73.7 cm³/mol. The van der Waals surface area contributed by atoms with Gasteiger partial charge in [0.1, 0.15) is 18.1 Å². The fourth-order valence-corrected chi connectivity index (χ4v) is 1.42. The van der Waals surface area contributed by atoms with E-state index in [0.717, 1.165) is 0 Å². The van der Waals surface area contributed by atoms with Gasteiger partial charge in [-0.2, -0.15) is 0 Å². The van der Waals surface area contributed by atoms with Gasteiger partial charge in [0.05, 0.1) is 6.10 Å². The Labute approximate surface area is 126 Å². The van der Waals surface area contributed by atoms with Gasteiger partial charge in [-0.05, 0) is 20.3 Å². The van der Waals surface area contributed by atoms with Gasteiger partial charge >= 0.3 is 11.9 Å². The van der Waals surface area contributed by atoms with E-state index in [-0.39, 0.29) is 6.42 Å². The Morgan fingerprint density at radius 1 is 1.05 bits per heavy atom. The van der Waals surface area contributed by atoms with Crippen LogP contribution in [-0.2, 0) is 19.2 Å². The van der Waals surface area contributed by atoms with Crippen LogP contribution in [0.3, 0.4) is 0 Å². The summed E-state index contributed by atoms with van der Waals surface area (Å²) in [4.78, 5) is 44.7. The van der Waals surface area contributed by atoms with E-state index in [1.54, 1.807) is 0 Å². The molecule has 126 valence electrons. The normalized spacial score (nSPS) is 16.0. The molecule has 2 amide bonds. The van der Waals surface area contributed by atoms with Gasteiger partial charge in [-0.15, -0.1) is 0 Å². The SMILES string of the molecule is C[C@H](NC(=O)[C@@H](N)[C@@H](C)O)C(=O)N[C@@H](CCC(=O)O)C(=O)O. The molecule has 0 rings (SSSR count). The van der Waals surface area contributed by atoms with E-state index >= 15 is 0 Å². The van der Waals surface area contributed by atoms with Crippen molar-refractivity contribution in [3.63, 3.8) is 0 Å². The maximum Gasteiger partial charge on any atom is 0.326 e. The number of carbonyl (C=O) groups excluding carboxylic acids is 2. The van der Waals surface area contributed by atoms with Gasteiger partial charge in [-0.25, -0.2) is 4.79 Å². The molecule has 0 heterocycles. The molecule has 7 N–H and O–H groups in total. The molecule has 10 nitrogen and oxygen atoms in total. The maximum absolute atomic E-state index is 11.8. The molecular weight excluding hydrogens is 298 g/mol. The van der Waals surface area contributed by atoms with E-state index in [2.05, 4.69) is 10.6 Å². The van der Waals surface area contributed by atoms with E-state index < -0.39 is 54.4 Å². The topological polar surface area (TPSA) is 179 Å². The van der Waals surface area contributed by atoms with Crippen LogP contribution in [0.4, 0.5) is 0 Å². The fraction of sp³-hybridized carbons (Fsp3) is 0.667. The van der Waals surface area contributed by atoms with Crippen molar-refractivity contribution >= 4 is 23.8 Å². The number of nitrogens with one attached hydrogen (secondary N) is 2. The summed E-state index contributed by atoms with van der Waals surface area (Å²) in [5.74, 6) is -4.14. The molecule has 0 aromatic heterocycles. The zero-order valence-electron chi connectivity index (χ0n) is 12.3. The van der Waals surface area contributed by atoms with Gasteiger partial charge in [0, 0.05) is 6.42 Å². The van der Waals surface area contributed by atoms with Crippen LogP contribution in [0.1, 0.15) is 26.7 Å². The molecule has 0 aliphatic heterocycles. The Hall–Kier alpha value is -2.20. The van der Waals surface area contributed by atoms with E-state index in [0.29, 0.717) is 0 Å². The highest BCUT2D eigenvalue weighted by molar-refractivity contribution is 5.91. The van der Waals surface area contributed by atoms with Crippen molar-refractivity contribution in [2.24, 2.45) is 5.73 Å². The van der Waals surface area contributed by atoms with E-state index in [1.807, 2.05) is 0 Å². The number of nitrogens with two attached hydrogens (primary N) is 1. The van der Waals surface area contributed by atoms with Gasteiger partial charge in [-0.3, -0.25) is 14.4 Å². The molecule has 0 aromatic rings. The Bertz CT molecular complexity index is 438. The van der Waals surface area contributed by atoms with E-state index in [9.17, 15) is 19.2 Å². The quantitative estimate of drug-likeness (QED) is 0.273. The van der Waals surface area contributed by atoms with Crippen LogP contribution >= 0.6 is 0 Å². The molecule has 0 aromatic carbocycles. The summed E-state index contributed by atoms with van der Waals surface area (Å²) in [6, 6.07) is -3.70. The lowest BCUT2D eigenvalue weighted by molar-refractivity contribution is -0.143. The third-order valence-electron chi connectivity index (χ3n) is 2.84. The number of hydrogen-bond donors (Lipinski definition) is 6. The minimum absolute atomic E-state index is 0.287. The second-order valence-corrected chi connectivity index (χ2v) is 4.83. The van der Waals surface area contributed by atoms with Crippen molar-refractivity contribution < 1.29 is 34.5 Å². The first-order valence-corrected chi connectivity index (χ1v) is 6.55. The van der Waals surface area contributed by atoms with Crippen LogP contribution in [0.15, 0.2) is 0 Å². The number of aliphatic hydroxyl groups is 1. The Balaban J connectivity index is 4.57. The van der Waals surface area contributed by atoms with Crippen LogP contribution in [0.5, 0.6) is 0 Å². The summed E-state index contributed by atoms with van der Waals surface area (Å²) in [6.07, 6.45) is -1.83. The summed E-state index contributed by atoms with van der Waals surface area (Å²) in [7, 11) is 0. The molecule has 0 saturated carbocycles. The summed E-state index contributed by atoms with van der Waals surface area (Å²) < 4.78 is 0. The van der Waals surface area contributed by atoms with Crippen molar-refractivity contribution in [3.8, 4) is 0 Å². The molecule has 10 heteroatoms. The third-order valence-corrected chi connectivity index (χ3v) is 2.84. The predicted octanol–water partition coefficient (Wildman–Crippen LogP) is -2.37. The lowest BCUT2D eigenvalue weighted by atomic mass is 10.1. The molecule has 0 saturated heterocycles. The molecular formula is C12H21N3O7. The number of aliphatic carboxylic acids is 2. The monoisotopic (exact) mass is 319 g/mol. The highest BCUT2D eigenvalue weighted by Gasteiger charge is 2.26. The minimum Gasteiger partial charge on any atom is -0.481 e. The van der Waals surface area contributed by atoms with Crippen LogP contribution in [0, 0.1) is 0 Å². The summed E-state index contributed by atoms with van der Waals surface area (Å²) in [5, 5.41) is 30.9. The van der Waals surface area contributed by atoms with Gasteiger partial charge in [0.25, 0.3) is 0 Å². The molecule has 0 fully saturated rings. The Morgan fingerprint density at radius 3 is 2.00 bits per heavy atom. The first-order chi connectivity index (χ1) is 10.1. The lowest BCUT2D eigenvalue weighted by Gasteiger charge is -2.20. The minimum atomic E-state index is -1.38. The van der Waals surface area contributed by atoms with Crippen LogP contribution < -0.4 is 16.4 Å². The standard InChI is InChI=1S/C12H21N3O7/c1-5(14-11(20)9(13)6(2)16)10(19)15-7(12(21)22)3-4-8(17)18/h5-7,9,16H,3-4,13H2,1-2H3,(H,14,20)(H,15,19)(H,17,18)(H,21,22)/t5-,6+,7-,9-/m0/s1. The number of aliphatic hydroxyl groups excluding tert-OH is 1. The molecule has 0 aliphatic carbocycles. The highest BCUT2D eigenvalue weighted by Crippen LogP contribution is 1.99. The Kier molecular flexibility index (Phi) is 8.05. The first-order valence-electron chi connectivity index (χ1n) is 6.55. The van der Waals surface area contributed by atoms with Gasteiger partial charge in [-0.1, -0.05) is 0 Å². The highest BCUT2D eigenvalue weighted by atomic mass is 16.4. The number of rotatable bonds is 9. The molecule has 0 bridgehead atoms. The number of amides is 2. The van der Waals surface area contributed by atoms with Crippen LogP contribution in [0.25, 0.3) is 0 Å². The van der Waals surface area contributed by atoms with Crippen LogP contribution in [0.2, 0.25) is 0 Å². The maximum atomic E-state index is 11.8. The van der Waals surface area contributed by atoms with Crippen LogP contribution in [-0.4, -0.2) is 63.3 Å². The second-order valence-electron chi connectivity index (χ2n) is 4.83. The molecule has 0 unspecified atom stereocenters. The summed E-state index contributed by atoms with van der Waals surface area (Å²) >= 11 is 0. The smallest absolute Gasteiger partial charge is 0.326 e. The third kappa shape index (κ3) is 6.99. The van der Waals surface area contributed by atoms with Crippen molar-refractivity contribution in [2.75, 3.05) is 0 Å². The zero-order valence-corrected chi connectivity index (χ0v) is 12.3. The van der Waals surface area contributed by atoms with Crippen molar-refractivity contribution in [3.05, 3.63) is 0 Å². The number of hydrogen-bond acceptors (Lipinski definition) is 6. The van der Waals surface area contributed by atoms with Gasteiger partial charge in [0.2, 0.25) is 11.8 Å². The zero-order chi connectivity index (χ0) is 17.4. The van der Waals surface area contributed by atoms with Crippen molar-refractivity contribution in [2.45, 2.75) is 50.9 Å². The Morgan fingerprint density at radius 2 is 1.59 bits per heavy atom. The lowest BCUT2D eigenvalue weighted by Crippen LogP contribution is -2.55. The largest absolute Gasteiger partial charge is 0.481 e. The average molecular weight is 319 g/mol. The number of carbonyl (C=O) groups is 4. The summed E-state index contributed by atoms with van der Waals surface area (Å²) in [6.45, 7) is 2.61. The van der Waals surface area contributed by atoms with Crippen molar-refractivity contribution in [1.29, 1.82) is 0 Å². The molecule has 0 aliphatic rings. The molecule has 0 spiro atoms. The van der Waals surface area contributed by atoms with Crippen molar-refractivity contribution in [1.82, 2.24) is 10.6 Å². The molecule has 4 atom stereocenters. The number of carboxylic acid groups (broad SMARTS) is 2. The van der Waals surface area contributed by atoms with Gasteiger partial charge in [0.15, 0.2) is 0 Å².